The Hall–Kier alpha value is -1.09. The van der Waals surface area contributed by atoms with E-state index in [4.69, 9.17) is 11.6 Å². The lowest BCUT2D eigenvalue weighted by Gasteiger charge is -2.41. The summed E-state index contributed by atoms with van der Waals surface area (Å²) in [7, 11) is 0. The quantitative estimate of drug-likeness (QED) is 0.788. The molecule has 0 amide bonds. The molecule has 17 heavy (non-hydrogen) atoms. The molecule has 2 aliphatic carbocycles. The van der Waals surface area contributed by atoms with Gasteiger partial charge in [0.25, 0.3) is 0 Å². The minimum atomic E-state index is -0.648. The van der Waals surface area contributed by atoms with E-state index in [9.17, 15) is 8.78 Å². The Kier molecular flexibility index (Phi) is 2.58. The summed E-state index contributed by atoms with van der Waals surface area (Å²) in [5.41, 5.74) is 0.219. The Morgan fingerprint density at radius 3 is 2.82 bits per heavy atom. The zero-order chi connectivity index (χ0) is 12.0. The Bertz CT molecular complexity index is 463. The number of allylic oxidation sites excluding steroid dienone is 1. The molecule has 0 bridgehead atoms. The third-order valence-electron chi connectivity index (χ3n) is 3.70. The maximum atomic E-state index is 13.6. The van der Waals surface area contributed by atoms with Crippen LogP contribution in [0.15, 0.2) is 24.3 Å². The van der Waals surface area contributed by atoms with Crippen LogP contribution in [0.1, 0.15) is 12.8 Å². The van der Waals surface area contributed by atoms with Gasteiger partial charge in [0.15, 0.2) is 5.82 Å². The first kappa shape index (κ1) is 11.0. The molecule has 4 heteroatoms. The molecule has 2 aliphatic rings. The van der Waals surface area contributed by atoms with Crippen molar-refractivity contribution in [3.8, 4) is 0 Å². The molecule has 0 saturated heterocycles. The number of benzene rings is 1. The van der Waals surface area contributed by atoms with Crippen molar-refractivity contribution in [3.63, 3.8) is 0 Å². The number of rotatable bonds is 2. The number of anilines is 1. The lowest BCUT2D eigenvalue weighted by Crippen LogP contribution is -2.43. The molecule has 1 saturated carbocycles. The second kappa shape index (κ2) is 3.98. The predicted octanol–water partition coefficient (Wildman–Crippen LogP) is 3.99. The molecule has 1 fully saturated rings. The molecular formula is C13H12ClF2N. The summed E-state index contributed by atoms with van der Waals surface area (Å²) in [6, 6.07) is 2.21. The van der Waals surface area contributed by atoms with Crippen molar-refractivity contribution >= 4 is 17.3 Å². The van der Waals surface area contributed by atoms with Crippen molar-refractivity contribution in [2.75, 3.05) is 5.32 Å². The van der Waals surface area contributed by atoms with Crippen LogP contribution in [-0.4, -0.2) is 6.04 Å². The van der Waals surface area contributed by atoms with Crippen molar-refractivity contribution < 1.29 is 8.78 Å². The van der Waals surface area contributed by atoms with Gasteiger partial charge in [0.05, 0.1) is 10.7 Å². The Morgan fingerprint density at radius 1 is 1.29 bits per heavy atom. The van der Waals surface area contributed by atoms with Crippen molar-refractivity contribution in [1.29, 1.82) is 0 Å². The molecule has 0 spiro atoms. The minimum absolute atomic E-state index is 0.105. The number of nitrogens with one attached hydrogen (secondary N) is 1. The van der Waals surface area contributed by atoms with Crippen LogP contribution in [0.5, 0.6) is 0 Å². The van der Waals surface area contributed by atoms with E-state index < -0.39 is 11.6 Å². The van der Waals surface area contributed by atoms with E-state index in [2.05, 4.69) is 17.5 Å². The van der Waals surface area contributed by atoms with Crippen LogP contribution in [0.25, 0.3) is 0 Å². The summed E-state index contributed by atoms with van der Waals surface area (Å²) >= 11 is 5.84. The molecule has 0 aromatic heterocycles. The molecule has 0 radical (unpaired) electrons. The van der Waals surface area contributed by atoms with E-state index in [0.717, 1.165) is 25.0 Å². The number of halogens is 3. The molecule has 1 aromatic rings. The van der Waals surface area contributed by atoms with E-state index in [0.29, 0.717) is 11.8 Å². The van der Waals surface area contributed by atoms with Crippen LogP contribution in [0.4, 0.5) is 14.5 Å². The van der Waals surface area contributed by atoms with E-state index in [1.54, 1.807) is 0 Å². The average molecular weight is 256 g/mol. The Balaban J connectivity index is 1.79. The topological polar surface area (TPSA) is 12.0 Å². The van der Waals surface area contributed by atoms with Crippen molar-refractivity contribution in [2.24, 2.45) is 11.8 Å². The molecule has 1 nitrogen and oxygen atoms in total. The zero-order valence-electron chi connectivity index (χ0n) is 9.09. The van der Waals surface area contributed by atoms with Gasteiger partial charge >= 0.3 is 0 Å². The smallest absolute Gasteiger partial charge is 0.150 e. The lowest BCUT2D eigenvalue weighted by atomic mass is 9.71. The van der Waals surface area contributed by atoms with Gasteiger partial charge < -0.3 is 5.32 Å². The van der Waals surface area contributed by atoms with Gasteiger partial charge in [0.1, 0.15) is 5.82 Å². The highest BCUT2D eigenvalue weighted by atomic mass is 35.5. The summed E-state index contributed by atoms with van der Waals surface area (Å²) < 4.78 is 26.5. The molecule has 3 atom stereocenters. The Morgan fingerprint density at radius 2 is 2.12 bits per heavy atom. The molecule has 0 aliphatic heterocycles. The van der Waals surface area contributed by atoms with Gasteiger partial charge in [-0.3, -0.25) is 0 Å². The number of hydrogen-bond acceptors (Lipinski definition) is 1. The molecule has 1 N–H and O–H groups in total. The summed E-state index contributed by atoms with van der Waals surface area (Å²) in [5.74, 6) is -0.115. The van der Waals surface area contributed by atoms with Crippen LogP contribution >= 0.6 is 11.6 Å². The first-order valence-electron chi connectivity index (χ1n) is 5.73. The van der Waals surface area contributed by atoms with E-state index in [1.165, 1.54) is 0 Å². The average Bonchev–Trinajstić information content (AvgIpc) is 2.58. The van der Waals surface area contributed by atoms with Gasteiger partial charge in [-0.05, 0) is 24.8 Å². The fraction of sp³-hybridized carbons (Fsp3) is 0.385. The summed E-state index contributed by atoms with van der Waals surface area (Å²) in [6.07, 6.45) is 6.47. The van der Waals surface area contributed by atoms with Crippen LogP contribution < -0.4 is 5.32 Å². The fourth-order valence-electron chi connectivity index (χ4n) is 2.75. The SMILES string of the molecule is Fc1cc(F)c(NC2CC3CC=CC32)c(Cl)c1. The van der Waals surface area contributed by atoms with E-state index in [-0.39, 0.29) is 16.8 Å². The van der Waals surface area contributed by atoms with Crippen LogP contribution in [0.3, 0.4) is 0 Å². The molecule has 90 valence electrons. The second-order valence-corrected chi connectivity index (χ2v) is 5.14. The maximum absolute atomic E-state index is 13.6. The number of fused-ring (bicyclic) bond motifs is 1. The van der Waals surface area contributed by atoms with Crippen LogP contribution in [0.2, 0.25) is 5.02 Å². The fourth-order valence-corrected chi connectivity index (χ4v) is 3.00. The molecule has 3 rings (SSSR count). The monoisotopic (exact) mass is 255 g/mol. The van der Waals surface area contributed by atoms with Gasteiger partial charge in [-0.1, -0.05) is 23.8 Å². The molecule has 0 heterocycles. The Labute approximate surface area is 103 Å². The van der Waals surface area contributed by atoms with Crippen molar-refractivity contribution in [3.05, 3.63) is 40.9 Å². The summed E-state index contributed by atoms with van der Waals surface area (Å²) in [4.78, 5) is 0. The van der Waals surface area contributed by atoms with Crippen molar-refractivity contribution in [2.45, 2.75) is 18.9 Å². The third kappa shape index (κ3) is 1.82. The van der Waals surface area contributed by atoms with Gasteiger partial charge in [-0.25, -0.2) is 8.78 Å². The van der Waals surface area contributed by atoms with Crippen LogP contribution in [0, 0.1) is 23.5 Å². The third-order valence-corrected chi connectivity index (χ3v) is 4.00. The molecule has 3 unspecified atom stereocenters. The first-order chi connectivity index (χ1) is 8.15. The highest BCUT2D eigenvalue weighted by Crippen LogP contribution is 2.44. The summed E-state index contributed by atoms with van der Waals surface area (Å²) in [5, 5.41) is 3.19. The maximum Gasteiger partial charge on any atom is 0.150 e. The predicted molar refractivity (Wildman–Crippen MR) is 64.1 cm³/mol. The lowest BCUT2D eigenvalue weighted by molar-refractivity contribution is 0.217. The van der Waals surface area contributed by atoms with Gasteiger partial charge in [0.2, 0.25) is 0 Å². The largest absolute Gasteiger partial charge is 0.378 e. The van der Waals surface area contributed by atoms with Crippen molar-refractivity contribution in [1.82, 2.24) is 0 Å². The minimum Gasteiger partial charge on any atom is -0.378 e. The highest BCUT2D eigenvalue weighted by molar-refractivity contribution is 6.33. The normalized spacial score (nSPS) is 29.9. The van der Waals surface area contributed by atoms with Crippen LogP contribution in [-0.2, 0) is 0 Å². The highest BCUT2D eigenvalue weighted by Gasteiger charge is 2.41. The summed E-state index contributed by atoms with van der Waals surface area (Å²) in [6.45, 7) is 0. The van der Waals surface area contributed by atoms with Gasteiger partial charge in [0, 0.05) is 18.0 Å². The molecular weight excluding hydrogens is 244 g/mol. The van der Waals surface area contributed by atoms with Gasteiger partial charge in [-0.15, -0.1) is 0 Å². The first-order valence-corrected chi connectivity index (χ1v) is 6.10. The number of hydrogen-bond donors (Lipinski definition) is 1. The van der Waals surface area contributed by atoms with Gasteiger partial charge in [-0.2, -0.15) is 0 Å². The standard InChI is InChI=1S/C13H12ClF2N/c14-10-5-8(15)6-11(16)13(10)17-12-4-7-2-1-3-9(7)12/h1,3,5-7,9,12,17H,2,4H2. The second-order valence-electron chi connectivity index (χ2n) is 4.73. The molecule has 1 aromatic carbocycles. The van der Waals surface area contributed by atoms with E-state index in [1.807, 2.05) is 0 Å². The zero-order valence-corrected chi connectivity index (χ0v) is 9.85. The van der Waals surface area contributed by atoms with E-state index >= 15 is 0 Å².